The third-order valence-corrected chi connectivity index (χ3v) is 6.01. The van der Waals surface area contributed by atoms with Crippen LogP contribution in [-0.2, 0) is 0 Å². The van der Waals surface area contributed by atoms with Crippen molar-refractivity contribution in [3.8, 4) is 0 Å². The first-order valence-electron chi connectivity index (χ1n) is 6.63. The Morgan fingerprint density at radius 3 is 2.67 bits per heavy atom. The van der Waals surface area contributed by atoms with E-state index >= 15 is 0 Å². The van der Waals surface area contributed by atoms with Crippen molar-refractivity contribution in [2.75, 3.05) is 20.1 Å². The largest absolute Gasteiger partial charge is 0.409 e. The summed E-state index contributed by atoms with van der Waals surface area (Å²) in [5, 5.41) is 15.1. The molecule has 1 amide bonds. The molecule has 2 rings (SSSR count). The van der Waals surface area contributed by atoms with Gasteiger partial charge in [0.2, 0.25) is 0 Å². The Labute approximate surface area is 136 Å². The molecule has 0 radical (unpaired) electrons. The normalized spacial score (nSPS) is 19.5. The number of nitrogens with two attached hydrogens (primary N) is 1. The van der Waals surface area contributed by atoms with Crippen LogP contribution in [0.5, 0.6) is 0 Å². The first-order valence-corrected chi connectivity index (χ1v) is 8.24. The Hall–Kier alpha value is -1.12. The fourth-order valence-corrected chi connectivity index (χ4v) is 3.82. The highest BCUT2D eigenvalue weighted by Gasteiger charge is 2.40. The van der Waals surface area contributed by atoms with Crippen molar-refractivity contribution in [2.24, 2.45) is 10.9 Å². The average molecular weight is 375 g/mol. The molecule has 0 bridgehead atoms. The molecular formula is C13H19BrN4O2S. The van der Waals surface area contributed by atoms with Crippen LogP contribution < -0.4 is 11.1 Å². The summed E-state index contributed by atoms with van der Waals surface area (Å²) in [6.07, 6.45) is 1.24. The van der Waals surface area contributed by atoms with Crippen LogP contribution in [0.3, 0.4) is 0 Å². The summed E-state index contributed by atoms with van der Waals surface area (Å²) in [7, 11) is 2.01. The van der Waals surface area contributed by atoms with Crippen molar-refractivity contribution in [2.45, 2.75) is 25.3 Å². The highest BCUT2D eigenvalue weighted by molar-refractivity contribution is 9.11. The van der Waals surface area contributed by atoms with Crippen molar-refractivity contribution < 1.29 is 10.0 Å². The number of hydrogen-bond donors (Lipinski definition) is 3. The summed E-state index contributed by atoms with van der Waals surface area (Å²) in [5.74, 6) is -0.124. The van der Waals surface area contributed by atoms with Gasteiger partial charge in [0, 0.05) is 13.1 Å². The van der Waals surface area contributed by atoms with Gasteiger partial charge >= 0.3 is 0 Å². The molecule has 2 heterocycles. The third-order valence-electron chi connectivity index (χ3n) is 3.87. The fraction of sp³-hybridized carbons (Fsp3) is 0.538. The van der Waals surface area contributed by atoms with Crippen LogP contribution in [-0.4, -0.2) is 47.5 Å². The molecule has 1 aliphatic heterocycles. The standard InChI is InChI=1S/C13H19BrN4O2S/c1-8-7-9(21-10(8)14)11(19)16-13(12(15)17-20)3-5-18(2)6-4-13/h7,20H,3-6H2,1-2H3,(H2,15,17)(H,16,19). The van der Waals surface area contributed by atoms with E-state index in [0.717, 1.165) is 22.4 Å². The zero-order valence-electron chi connectivity index (χ0n) is 12.0. The Kier molecular flexibility index (Phi) is 4.90. The second-order valence-electron chi connectivity index (χ2n) is 5.39. The van der Waals surface area contributed by atoms with Crippen LogP contribution in [0.15, 0.2) is 15.0 Å². The molecule has 4 N–H and O–H groups in total. The number of amidine groups is 1. The summed E-state index contributed by atoms with van der Waals surface area (Å²) in [6, 6.07) is 1.83. The molecule has 0 unspecified atom stereocenters. The van der Waals surface area contributed by atoms with E-state index in [-0.39, 0.29) is 11.7 Å². The number of rotatable bonds is 3. The average Bonchev–Trinajstić information content (AvgIpc) is 2.80. The fourth-order valence-electron chi connectivity index (χ4n) is 2.39. The number of oxime groups is 1. The van der Waals surface area contributed by atoms with E-state index in [1.54, 1.807) is 0 Å². The molecule has 1 aliphatic rings. The predicted molar refractivity (Wildman–Crippen MR) is 87.1 cm³/mol. The number of piperidine rings is 1. The van der Waals surface area contributed by atoms with E-state index < -0.39 is 5.54 Å². The van der Waals surface area contributed by atoms with Crippen LogP contribution in [0, 0.1) is 6.92 Å². The molecule has 116 valence electrons. The molecule has 0 saturated carbocycles. The lowest BCUT2D eigenvalue weighted by atomic mass is 9.86. The lowest BCUT2D eigenvalue weighted by molar-refractivity contribution is 0.0890. The molecule has 0 aromatic carbocycles. The van der Waals surface area contributed by atoms with Gasteiger partial charge in [-0.2, -0.15) is 0 Å². The molecule has 21 heavy (non-hydrogen) atoms. The molecule has 1 aromatic rings. The highest BCUT2D eigenvalue weighted by atomic mass is 79.9. The van der Waals surface area contributed by atoms with Gasteiger partial charge in [0.15, 0.2) is 5.84 Å². The van der Waals surface area contributed by atoms with Crippen LogP contribution in [0.2, 0.25) is 0 Å². The van der Waals surface area contributed by atoms with Crippen molar-refractivity contribution in [1.82, 2.24) is 10.2 Å². The van der Waals surface area contributed by atoms with E-state index in [0.29, 0.717) is 17.7 Å². The van der Waals surface area contributed by atoms with Gasteiger partial charge in [-0.3, -0.25) is 4.79 Å². The smallest absolute Gasteiger partial charge is 0.262 e. The van der Waals surface area contributed by atoms with Crippen LogP contribution in [0.25, 0.3) is 0 Å². The molecular weight excluding hydrogens is 356 g/mol. The van der Waals surface area contributed by atoms with Gasteiger partial charge < -0.3 is 21.2 Å². The molecule has 6 nitrogen and oxygen atoms in total. The van der Waals surface area contributed by atoms with Crippen LogP contribution in [0.4, 0.5) is 0 Å². The quantitative estimate of drug-likeness (QED) is 0.325. The summed E-state index contributed by atoms with van der Waals surface area (Å²) >= 11 is 4.80. The minimum atomic E-state index is -0.775. The maximum absolute atomic E-state index is 12.5. The van der Waals surface area contributed by atoms with E-state index in [1.807, 2.05) is 20.0 Å². The Morgan fingerprint density at radius 1 is 1.57 bits per heavy atom. The number of carbonyl (C=O) groups is 1. The van der Waals surface area contributed by atoms with Gasteiger partial charge in [-0.1, -0.05) is 5.16 Å². The third kappa shape index (κ3) is 3.38. The number of nitrogens with zero attached hydrogens (tertiary/aromatic N) is 2. The number of likely N-dealkylation sites (tertiary alicyclic amines) is 1. The number of carbonyl (C=O) groups excluding carboxylic acids is 1. The molecule has 0 aliphatic carbocycles. The van der Waals surface area contributed by atoms with E-state index in [4.69, 9.17) is 10.9 Å². The lowest BCUT2D eigenvalue weighted by Gasteiger charge is -2.40. The molecule has 0 atom stereocenters. The summed E-state index contributed by atoms with van der Waals surface area (Å²) in [6.45, 7) is 3.50. The topological polar surface area (TPSA) is 91.0 Å². The summed E-state index contributed by atoms with van der Waals surface area (Å²) < 4.78 is 0.939. The minimum Gasteiger partial charge on any atom is -0.409 e. The van der Waals surface area contributed by atoms with Crippen molar-refractivity contribution in [1.29, 1.82) is 0 Å². The first-order chi connectivity index (χ1) is 9.88. The van der Waals surface area contributed by atoms with Gasteiger partial charge in [-0.05, 0) is 54.4 Å². The minimum absolute atomic E-state index is 0.0660. The molecule has 1 fully saturated rings. The SMILES string of the molecule is Cc1cc(C(=O)NC2(C(N)=NO)CCN(C)CC2)sc1Br. The molecule has 8 heteroatoms. The number of aryl methyl sites for hydroxylation is 1. The van der Waals surface area contributed by atoms with Crippen molar-refractivity contribution in [3.63, 3.8) is 0 Å². The second-order valence-corrected chi connectivity index (χ2v) is 7.76. The van der Waals surface area contributed by atoms with E-state index in [1.165, 1.54) is 11.3 Å². The van der Waals surface area contributed by atoms with Gasteiger partial charge in [0.05, 0.1) is 8.66 Å². The summed E-state index contributed by atoms with van der Waals surface area (Å²) in [4.78, 5) is 15.2. The number of thiophene rings is 1. The summed E-state index contributed by atoms with van der Waals surface area (Å²) in [5.41, 5.74) is 6.10. The second kappa shape index (κ2) is 6.33. The van der Waals surface area contributed by atoms with Crippen molar-refractivity contribution >= 4 is 39.0 Å². The predicted octanol–water partition coefficient (Wildman–Crippen LogP) is 1.76. The first kappa shape index (κ1) is 16.3. The van der Waals surface area contributed by atoms with E-state index in [9.17, 15) is 4.79 Å². The maximum Gasteiger partial charge on any atom is 0.262 e. The Balaban J connectivity index is 2.21. The molecule has 0 spiro atoms. The number of hydrogen-bond acceptors (Lipinski definition) is 5. The molecule has 1 aromatic heterocycles. The lowest BCUT2D eigenvalue weighted by Crippen LogP contribution is -2.62. The van der Waals surface area contributed by atoms with Gasteiger partial charge in [-0.15, -0.1) is 11.3 Å². The number of halogens is 1. The zero-order chi connectivity index (χ0) is 15.6. The Morgan fingerprint density at radius 2 is 2.19 bits per heavy atom. The number of amides is 1. The van der Waals surface area contributed by atoms with Gasteiger partial charge in [0.1, 0.15) is 5.54 Å². The monoisotopic (exact) mass is 374 g/mol. The van der Waals surface area contributed by atoms with Crippen LogP contribution in [0.1, 0.15) is 28.1 Å². The number of nitrogens with one attached hydrogen (secondary N) is 1. The Bertz CT molecular complexity index is 545. The zero-order valence-corrected chi connectivity index (χ0v) is 14.4. The van der Waals surface area contributed by atoms with Gasteiger partial charge in [-0.25, -0.2) is 0 Å². The molecule has 1 saturated heterocycles. The highest BCUT2D eigenvalue weighted by Crippen LogP contribution is 2.29. The van der Waals surface area contributed by atoms with E-state index in [2.05, 4.69) is 31.3 Å². The maximum atomic E-state index is 12.5. The van der Waals surface area contributed by atoms with Crippen molar-refractivity contribution in [3.05, 3.63) is 20.3 Å². The van der Waals surface area contributed by atoms with Crippen LogP contribution >= 0.6 is 27.3 Å². The van der Waals surface area contributed by atoms with Gasteiger partial charge in [0.25, 0.3) is 5.91 Å².